The van der Waals surface area contributed by atoms with Crippen LogP contribution in [0.4, 0.5) is 0 Å². The minimum absolute atomic E-state index is 0.150. The van der Waals surface area contributed by atoms with Crippen molar-refractivity contribution in [2.45, 2.75) is 24.6 Å². The minimum Gasteiger partial charge on any atom is -0.443 e. The van der Waals surface area contributed by atoms with Crippen molar-refractivity contribution in [1.82, 2.24) is 19.9 Å². The first-order valence-corrected chi connectivity index (χ1v) is 5.64. The van der Waals surface area contributed by atoms with E-state index in [0.29, 0.717) is 11.2 Å². The van der Waals surface area contributed by atoms with Gasteiger partial charge in [-0.15, -0.1) is 0 Å². The summed E-state index contributed by atoms with van der Waals surface area (Å²) < 4.78 is 10.6. The molecule has 0 aliphatic carbocycles. The molecule has 1 aliphatic rings. The van der Waals surface area contributed by atoms with Crippen LogP contribution in [-0.2, 0) is 4.74 Å². The summed E-state index contributed by atoms with van der Waals surface area (Å²) in [7, 11) is 0. The number of H-pyrrole nitrogens is 1. The second kappa shape index (κ2) is 4.70. The molecule has 9 heteroatoms. The molecule has 2 aromatic rings. The van der Waals surface area contributed by atoms with E-state index in [2.05, 4.69) is 19.9 Å². The molecule has 0 amide bonds. The van der Waals surface area contributed by atoms with Crippen LogP contribution in [0.1, 0.15) is 0 Å². The van der Waals surface area contributed by atoms with E-state index in [1.807, 2.05) is 0 Å². The summed E-state index contributed by atoms with van der Waals surface area (Å²) in [5, 5.41) is 28.4. The van der Waals surface area contributed by atoms with Crippen LogP contribution in [0.25, 0.3) is 11.2 Å². The lowest BCUT2D eigenvalue weighted by atomic mass is 10.1. The molecule has 0 bridgehead atoms. The summed E-state index contributed by atoms with van der Waals surface area (Å²) in [6, 6.07) is 0. The van der Waals surface area contributed by atoms with Gasteiger partial charge in [-0.1, -0.05) is 0 Å². The van der Waals surface area contributed by atoms with E-state index in [1.54, 1.807) is 0 Å². The Morgan fingerprint density at radius 2 is 2.11 bits per heavy atom. The first-order valence-electron chi connectivity index (χ1n) is 5.64. The van der Waals surface area contributed by atoms with E-state index >= 15 is 0 Å². The molecule has 1 unspecified atom stereocenters. The van der Waals surface area contributed by atoms with Crippen molar-refractivity contribution in [2.75, 3.05) is 6.61 Å². The monoisotopic (exact) mass is 268 g/mol. The number of imidazole rings is 1. The highest BCUT2D eigenvalue weighted by Crippen LogP contribution is 2.25. The Labute approximate surface area is 106 Å². The molecule has 4 atom stereocenters. The standard InChI is InChI=1S/C10H12N4O5/c15-1-4-6(16)7(17)10(18-4)19-9-5-8(12-2-11-5)13-3-14-9/h2-4,6-7,10,15-17H,1H2,(H,11,12,13,14)/t4-,6-,7-,10?/m1/s1. The van der Waals surface area contributed by atoms with Gasteiger partial charge in [0.25, 0.3) is 0 Å². The lowest BCUT2D eigenvalue weighted by molar-refractivity contribution is -0.117. The number of fused-ring (bicyclic) bond motifs is 1. The molecule has 19 heavy (non-hydrogen) atoms. The van der Waals surface area contributed by atoms with Crippen molar-refractivity contribution in [3.63, 3.8) is 0 Å². The number of hydrogen-bond donors (Lipinski definition) is 4. The Hall–Kier alpha value is -1.81. The highest BCUT2D eigenvalue weighted by atomic mass is 16.7. The average Bonchev–Trinajstić information content (AvgIpc) is 2.99. The van der Waals surface area contributed by atoms with Crippen molar-refractivity contribution in [3.8, 4) is 5.88 Å². The molecule has 1 aliphatic heterocycles. The summed E-state index contributed by atoms with van der Waals surface area (Å²) in [6.07, 6.45) is -1.80. The molecule has 0 aromatic carbocycles. The number of aromatic nitrogens is 4. The number of aliphatic hydroxyl groups is 3. The summed E-state index contributed by atoms with van der Waals surface area (Å²) in [5.74, 6) is 0.150. The van der Waals surface area contributed by atoms with Crippen LogP contribution < -0.4 is 4.74 Å². The lowest BCUT2D eigenvalue weighted by Crippen LogP contribution is -2.35. The first-order chi connectivity index (χ1) is 9.20. The van der Waals surface area contributed by atoms with Gasteiger partial charge in [-0.3, -0.25) is 0 Å². The maximum atomic E-state index is 9.76. The number of rotatable bonds is 3. The van der Waals surface area contributed by atoms with Crippen LogP contribution in [0.2, 0.25) is 0 Å². The maximum Gasteiger partial charge on any atom is 0.245 e. The fourth-order valence-electron chi connectivity index (χ4n) is 1.90. The van der Waals surface area contributed by atoms with E-state index in [1.165, 1.54) is 12.7 Å². The third kappa shape index (κ3) is 2.02. The second-order valence-corrected chi connectivity index (χ2v) is 4.10. The van der Waals surface area contributed by atoms with Crippen molar-refractivity contribution in [1.29, 1.82) is 0 Å². The van der Waals surface area contributed by atoms with Gasteiger partial charge in [0, 0.05) is 0 Å². The summed E-state index contributed by atoms with van der Waals surface area (Å²) in [6.45, 7) is -0.415. The number of aliphatic hydroxyl groups excluding tert-OH is 3. The molecule has 0 spiro atoms. The van der Waals surface area contributed by atoms with Gasteiger partial charge >= 0.3 is 0 Å². The van der Waals surface area contributed by atoms with Crippen LogP contribution in [0.15, 0.2) is 12.7 Å². The van der Waals surface area contributed by atoms with Gasteiger partial charge in [-0.25, -0.2) is 9.97 Å². The van der Waals surface area contributed by atoms with Gasteiger partial charge in [0.15, 0.2) is 5.65 Å². The topological polar surface area (TPSA) is 134 Å². The molecule has 0 radical (unpaired) electrons. The molecule has 4 N–H and O–H groups in total. The smallest absolute Gasteiger partial charge is 0.245 e. The Morgan fingerprint density at radius 1 is 1.26 bits per heavy atom. The first kappa shape index (κ1) is 12.2. The fourth-order valence-corrected chi connectivity index (χ4v) is 1.90. The Morgan fingerprint density at radius 3 is 2.84 bits per heavy atom. The molecule has 1 saturated heterocycles. The van der Waals surface area contributed by atoms with Crippen molar-refractivity contribution >= 4 is 11.2 Å². The largest absolute Gasteiger partial charge is 0.443 e. The molecule has 102 valence electrons. The van der Waals surface area contributed by atoms with Gasteiger partial charge < -0.3 is 29.8 Å². The second-order valence-electron chi connectivity index (χ2n) is 4.10. The quantitative estimate of drug-likeness (QED) is 0.511. The normalized spacial score (nSPS) is 30.9. The fraction of sp³-hybridized carbons (Fsp3) is 0.500. The zero-order valence-electron chi connectivity index (χ0n) is 9.67. The third-order valence-corrected chi connectivity index (χ3v) is 2.91. The van der Waals surface area contributed by atoms with E-state index in [4.69, 9.17) is 14.6 Å². The van der Waals surface area contributed by atoms with E-state index in [9.17, 15) is 10.2 Å². The minimum atomic E-state index is -1.27. The van der Waals surface area contributed by atoms with Crippen molar-refractivity contribution in [3.05, 3.63) is 12.7 Å². The number of hydrogen-bond acceptors (Lipinski definition) is 8. The summed E-state index contributed by atoms with van der Waals surface area (Å²) >= 11 is 0. The van der Waals surface area contributed by atoms with Crippen LogP contribution in [0.3, 0.4) is 0 Å². The zero-order valence-corrected chi connectivity index (χ0v) is 9.67. The molecule has 3 heterocycles. The molecule has 0 saturated carbocycles. The SMILES string of the molecule is OC[C@H]1OC(Oc2ncnc3nc[nH]c23)[C@H](O)[C@@H]1O. The predicted octanol–water partition coefficient (Wildman–Crippen LogP) is -1.83. The number of aromatic amines is 1. The molecule has 9 nitrogen and oxygen atoms in total. The predicted molar refractivity (Wildman–Crippen MR) is 60.1 cm³/mol. The Kier molecular flexibility index (Phi) is 3.03. The van der Waals surface area contributed by atoms with Crippen LogP contribution in [0, 0.1) is 0 Å². The van der Waals surface area contributed by atoms with Crippen LogP contribution in [0.5, 0.6) is 5.88 Å². The van der Waals surface area contributed by atoms with Gasteiger partial charge in [0.05, 0.1) is 12.9 Å². The molecule has 3 rings (SSSR count). The third-order valence-electron chi connectivity index (χ3n) is 2.91. The molecular weight excluding hydrogens is 256 g/mol. The number of nitrogens with one attached hydrogen (secondary N) is 1. The number of nitrogens with zero attached hydrogens (tertiary/aromatic N) is 3. The zero-order chi connectivity index (χ0) is 13.4. The lowest BCUT2D eigenvalue weighted by Gasteiger charge is -2.15. The van der Waals surface area contributed by atoms with E-state index in [0.717, 1.165) is 0 Å². The van der Waals surface area contributed by atoms with Crippen molar-refractivity contribution < 1.29 is 24.8 Å². The average molecular weight is 268 g/mol. The number of ether oxygens (including phenoxy) is 2. The van der Waals surface area contributed by atoms with E-state index < -0.39 is 31.2 Å². The van der Waals surface area contributed by atoms with Crippen LogP contribution in [-0.4, -0.2) is 66.5 Å². The van der Waals surface area contributed by atoms with Gasteiger partial charge in [0.2, 0.25) is 12.2 Å². The maximum absolute atomic E-state index is 9.76. The summed E-state index contributed by atoms with van der Waals surface area (Å²) in [5.41, 5.74) is 0.872. The highest BCUT2D eigenvalue weighted by molar-refractivity contribution is 5.74. The molecular formula is C10H12N4O5. The van der Waals surface area contributed by atoms with Crippen molar-refractivity contribution in [2.24, 2.45) is 0 Å². The van der Waals surface area contributed by atoms with Crippen LogP contribution >= 0.6 is 0 Å². The van der Waals surface area contributed by atoms with Gasteiger partial charge in [-0.2, -0.15) is 4.98 Å². The Bertz CT molecular complexity index is 576. The van der Waals surface area contributed by atoms with E-state index in [-0.39, 0.29) is 5.88 Å². The van der Waals surface area contributed by atoms with Gasteiger partial charge in [0.1, 0.15) is 30.2 Å². The Balaban J connectivity index is 1.84. The summed E-state index contributed by atoms with van der Waals surface area (Å²) in [4.78, 5) is 14.6. The molecule has 1 fully saturated rings. The highest BCUT2D eigenvalue weighted by Gasteiger charge is 2.44. The molecule has 2 aromatic heterocycles. The van der Waals surface area contributed by atoms with Gasteiger partial charge in [-0.05, 0) is 0 Å².